The number of rotatable bonds is 6. The predicted molar refractivity (Wildman–Crippen MR) is 68.9 cm³/mol. The fraction of sp³-hybridized carbons (Fsp3) is 0.643. The van der Waals surface area contributed by atoms with Gasteiger partial charge in [-0.3, -0.25) is 4.98 Å². The molecule has 1 aromatic heterocycles. The Bertz CT molecular complexity index is 309. The molecular weight excluding hydrogens is 212 g/mol. The average Bonchev–Trinajstić information content (AvgIpc) is 2.88. The minimum absolute atomic E-state index is 0.295. The van der Waals surface area contributed by atoms with E-state index in [0.29, 0.717) is 12.1 Å². The Hall–Kier alpha value is -0.930. The monoisotopic (exact) mass is 234 g/mol. The average molecular weight is 234 g/mol. The number of hydrogen-bond donors (Lipinski definition) is 1. The van der Waals surface area contributed by atoms with Crippen molar-refractivity contribution in [3.8, 4) is 0 Å². The summed E-state index contributed by atoms with van der Waals surface area (Å²) >= 11 is 0. The van der Waals surface area contributed by atoms with E-state index in [2.05, 4.69) is 23.3 Å². The third-order valence-corrected chi connectivity index (χ3v) is 3.34. The quantitative estimate of drug-likeness (QED) is 0.768. The van der Waals surface area contributed by atoms with Gasteiger partial charge in [-0.05, 0) is 31.9 Å². The van der Waals surface area contributed by atoms with Gasteiger partial charge in [-0.25, -0.2) is 0 Å². The van der Waals surface area contributed by atoms with Gasteiger partial charge in [0.25, 0.3) is 0 Å². The number of nitrogens with zero attached hydrogens (tertiary/aromatic N) is 1. The molecule has 1 heterocycles. The van der Waals surface area contributed by atoms with Crippen LogP contribution < -0.4 is 5.32 Å². The van der Waals surface area contributed by atoms with Gasteiger partial charge in [0.2, 0.25) is 0 Å². The van der Waals surface area contributed by atoms with Crippen LogP contribution in [0.5, 0.6) is 0 Å². The lowest BCUT2D eigenvalue weighted by molar-refractivity contribution is 0.0593. The van der Waals surface area contributed by atoms with Gasteiger partial charge in [0, 0.05) is 18.8 Å². The van der Waals surface area contributed by atoms with Crippen molar-refractivity contribution in [3.63, 3.8) is 0 Å². The van der Waals surface area contributed by atoms with E-state index in [1.54, 1.807) is 0 Å². The molecule has 0 amide bonds. The summed E-state index contributed by atoms with van der Waals surface area (Å²) in [4.78, 5) is 4.33. The van der Waals surface area contributed by atoms with Crippen LogP contribution in [0.4, 0.5) is 0 Å². The summed E-state index contributed by atoms with van der Waals surface area (Å²) in [6.45, 7) is 3.84. The number of pyridine rings is 1. The molecule has 0 radical (unpaired) electrons. The molecule has 1 aliphatic carbocycles. The van der Waals surface area contributed by atoms with Crippen LogP contribution in [-0.2, 0) is 4.74 Å². The van der Waals surface area contributed by atoms with Crippen molar-refractivity contribution < 1.29 is 4.74 Å². The van der Waals surface area contributed by atoms with Gasteiger partial charge < -0.3 is 10.1 Å². The standard InChI is InChI=1S/C14H22N2O/c1-12(14-8-4-5-9-16-14)15-10-11-17-13-6-2-3-7-13/h4-5,8-9,12-13,15H,2-3,6-7,10-11H2,1H3. The zero-order valence-corrected chi connectivity index (χ0v) is 10.6. The van der Waals surface area contributed by atoms with Crippen LogP contribution in [0.1, 0.15) is 44.3 Å². The van der Waals surface area contributed by atoms with Gasteiger partial charge in [0.15, 0.2) is 0 Å². The Morgan fingerprint density at radius 3 is 2.94 bits per heavy atom. The van der Waals surface area contributed by atoms with Crippen LogP contribution in [0.15, 0.2) is 24.4 Å². The summed E-state index contributed by atoms with van der Waals surface area (Å²) in [5.41, 5.74) is 1.09. The Labute approximate surface area is 104 Å². The molecular formula is C14H22N2O. The van der Waals surface area contributed by atoms with Gasteiger partial charge >= 0.3 is 0 Å². The molecule has 17 heavy (non-hydrogen) atoms. The van der Waals surface area contributed by atoms with Gasteiger partial charge in [-0.15, -0.1) is 0 Å². The molecule has 0 aliphatic heterocycles. The molecule has 1 aliphatic rings. The van der Waals surface area contributed by atoms with Crippen molar-refractivity contribution in [1.29, 1.82) is 0 Å². The van der Waals surface area contributed by atoms with Crippen molar-refractivity contribution in [2.45, 2.75) is 44.8 Å². The summed E-state index contributed by atoms with van der Waals surface area (Å²) < 4.78 is 5.81. The first-order valence-corrected chi connectivity index (χ1v) is 6.62. The lowest BCUT2D eigenvalue weighted by Gasteiger charge is -2.15. The van der Waals surface area contributed by atoms with Crippen LogP contribution in [0, 0.1) is 0 Å². The lowest BCUT2D eigenvalue weighted by Crippen LogP contribution is -2.25. The van der Waals surface area contributed by atoms with Gasteiger partial charge in [-0.1, -0.05) is 18.9 Å². The second-order valence-electron chi connectivity index (χ2n) is 4.71. The second-order valence-corrected chi connectivity index (χ2v) is 4.71. The van der Waals surface area contributed by atoms with E-state index in [0.717, 1.165) is 18.8 Å². The van der Waals surface area contributed by atoms with Crippen LogP contribution in [-0.4, -0.2) is 24.2 Å². The van der Waals surface area contributed by atoms with Crippen molar-refractivity contribution in [2.24, 2.45) is 0 Å². The molecule has 3 nitrogen and oxygen atoms in total. The van der Waals surface area contributed by atoms with Crippen molar-refractivity contribution in [1.82, 2.24) is 10.3 Å². The third kappa shape index (κ3) is 4.10. The molecule has 0 bridgehead atoms. The highest BCUT2D eigenvalue weighted by atomic mass is 16.5. The molecule has 1 atom stereocenters. The second kappa shape index (κ2) is 6.72. The van der Waals surface area contributed by atoms with E-state index < -0.39 is 0 Å². The zero-order chi connectivity index (χ0) is 11.9. The highest BCUT2D eigenvalue weighted by molar-refractivity contribution is 5.07. The van der Waals surface area contributed by atoms with E-state index in [1.165, 1.54) is 25.7 Å². The van der Waals surface area contributed by atoms with Gasteiger partial charge in [0.1, 0.15) is 0 Å². The molecule has 0 spiro atoms. The molecule has 1 fully saturated rings. The van der Waals surface area contributed by atoms with Crippen LogP contribution in [0.25, 0.3) is 0 Å². The Kier molecular flexibility index (Phi) is 4.95. The van der Waals surface area contributed by atoms with Crippen molar-refractivity contribution in [2.75, 3.05) is 13.2 Å². The molecule has 0 saturated heterocycles. The Morgan fingerprint density at radius 1 is 1.41 bits per heavy atom. The number of aromatic nitrogens is 1. The molecule has 1 aromatic rings. The topological polar surface area (TPSA) is 34.1 Å². The normalized spacial score (nSPS) is 18.4. The first kappa shape index (κ1) is 12.5. The SMILES string of the molecule is CC(NCCOC1CCCC1)c1ccccn1. The Balaban J connectivity index is 1.61. The van der Waals surface area contributed by atoms with E-state index in [1.807, 2.05) is 18.3 Å². The summed E-state index contributed by atoms with van der Waals surface area (Å²) in [6.07, 6.45) is 7.51. The van der Waals surface area contributed by atoms with Crippen LogP contribution >= 0.6 is 0 Å². The minimum atomic E-state index is 0.295. The predicted octanol–water partition coefficient (Wildman–Crippen LogP) is 2.69. The molecule has 1 saturated carbocycles. The maximum absolute atomic E-state index is 5.81. The summed E-state index contributed by atoms with van der Waals surface area (Å²) in [5.74, 6) is 0. The molecule has 2 rings (SSSR count). The first-order chi connectivity index (χ1) is 8.36. The summed E-state index contributed by atoms with van der Waals surface area (Å²) in [7, 11) is 0. The largest absolute Gasteiger partial charge is 0.377 e. The van der Waals surface area contributed by atoms with E-state index in [-0.39, 0.29) is 0 Å². The van der Waals surface area contributed by atoms with Crippen molar-refractivity contribution >= 4 is 0 Å². The molecule has 1 N–H and O–H groups in total. The first-order valence-electron chi connectivity index (χ1n) is 6.62. The fourth-order valence-corrected chi connectivity index (χ4v) is 2.29. The maximum Gasteiger partial charge on any atom is 0.0594 e. The Morgan fingerprint density at radius 2 is 2.24 bits per heavy atom. The third-order valence-electron chi connectivity index (χ3n) is 3.34. The smallest absolute Gasteiger partial charge is 0.0594 e. The number of ether oxygens (including phenoxy) is 1. The highest BCUT2D eigenvalue weighted by Gasteiger charge is 2.14. The van der Waals surface area contributed by atoms with E-state index in [4.69, 9.17) is 4.74 Å². The molecule has 94 valence electrons. The number of hydrogen-bond acceptors (Lipinski definition) is 3. The van der Waals surface area contributed by atoms with Gasteiger partial charge in [0.05, 0.1) is 18.4 Å². The lowest BCUT2D eigenvalue weighted by atomic mass is 10.2. The van der Waals surface area contributed by atoms with Crippen molar-refractivity contribution in [3.05, 3.63) is 30.1 Å². The fourth-order valence-electron chi connectivity index (χ4n) is 2.29. The van der Waals surface area contributed by atoms with E-state index in [9.17, 15) is 0 Å². The minimum Gasteiger partial charge on any atom is -0.377 e. The zero-order valence-electron chi connectivity index (χ0n) is 10.6. The van der Waals surface area contributed by atoms with Gasteiger partial charge in [-0.2, -0.15) is 0 Å². The summed E-state index contributed by atoms with van der Waals surface area (Å²) in [6, 6.07) is 6.31. The molecule has 0 aromatic carbocycles. The number of nitrogens with one attached hydrogen (secondary N) is 1. The highest BCUT2D eigenvalue weighted by Crippen LogP contribution is 2.20. The van der Waals surface area contributed by atoms with Crippen LogP contribution in [0.2, 0.25) is 0 Å². The molecule has 3 heteroatoms. The summed E-state index contributed by atoms with van der Waals surface area (Å²) in [5, 5.41) is 3.44. The molecule has 1 unspecified atom stereocenters. The maximum atomic E-state index is 5.81. The van der Waals surface area contributed by atoms with Crippen LogP contribution in [0.3, 0.4) is 0 Å². The van der Waals surface area contributed by atoms with E-state index >= 15 is 0 Å².